The SMILES string of the molecule is Cc1cc(C)cc(OCC(O)Cn2c(C(C)C)nc3ccccc32)c1.Cl. The third-order valence-electron chi connectivity index (χ3n) is 4.23. The maximum Gasteiger partial charge on any atom is 0.119 e. The van der Waals surface area contributed by atoms with Crippen molar-refractivity contribution in [2.75, 3.05) is 6.61 Å². The predicted molar refractivity (Wildman–Crippen MR) is 108 cm³/mol. The van der Waals surface area contributed by atoms with Crippen LogP contribution in [0.1, 0.15) is 36.7 Å². The summed E-state index contributed by atoms with van der Waals surface area (Å²) in [4.78, 5) is 4.72. The minimum atomic E-state index is -0.601. The minimum absolute atomic E-state index is 0. The number of para-hydroxylation sites is 2. The van der Waals surface area contributed by atoms with Crippen LogP contribution in [0.15, 0.2) is 42.5 Å². The highest BCUT2D eigenvalue weighted by Crippen LogP contribution is 2.22. The molecule has 3 rings (SSSR count). The van der Waals surface area contributed by atoms with Crippen LogP contribution in [0.2, 0.25) is 0 Å². The van der Waals surface area contributed by atoms with E-state index < -0.39 is 6.10 Å². The number of hydrogen-bond donors (Lipinski definition) is 1. The monoisotopic (exact) mass is 374 g/mol. The number of aryl methyl sites for hydroxylation is 2. The van der Waals surface area contributed by atoms with Crippen LogP contribution in [-0.2, 0) is 6.54 Å². The Balaban J connectivity index is 0.00000243. The number of benzene rings is 2. The Kier molecular flexibility index (Phi) is 6.68. The molecule has 5 heteroatoms. The van der Waals surface area contributed by atoms with E-state index in [9.17, 15) is 5.11 Å². The van der Waals surface area contributed by atoms with Crippen molar-refractivity contribution in [1.29, 1.82) is 0 Å². The highest BCUT2D eigenvalue weighted by Gasteiger charge is 2.16. The van der Waals surface area contributed by atoms with Gasteiger partial charge in [0.05, 0.1) is 17.6 Å². The Morgan fingerprint density at radius 1 is 1.08 bits per heavy atom. The van der Waals surface area contributed by atoms with Crippen LogP contribution < -0.4 is 4.74 Å². The second kappa shape index (κ2) is 8.56. The van der Waals surface area contributed by atoms with Gasteiger partial charge in [-0.1, -0.05) is 32.0 Å². The molecule has 0 aliphatic heterocycles. The molecule has 2 aromatic carbocycles. The zero-order valence-corrected chi connectivity index (χ0v) is 16.6. The van der Waals surface area contributed by atoms with Crippen molar-refractivity contribution < 1.29 is 9.84 Å². The average molecular weight is 375 g/mol. The molecule has 1 unspecified atom stereocenters. The maximum absolute atomic E-state index is 10.5. The number of ether oxygens (including phenoxy) is 1. The first-order valence-corrected chi connectivity index (χ1v) is 8.78. The van der Waals surface area contributed by atoms with E-state index >= 15 is 0 Å². The predicted octanol–water partition coefficient (Wildman–Crippen LogP) is 4.64. The number of aliphatic hydroxyl groups is 1. The normalized spacial score (nSPS) is 12.2. The van der Waals surface area contributed by atoms with Crippen molar-refractivity contribution >= 4 is 23.4 Å². The fourth-order valence-corrected chi connectivity index (χ4v) is 3.20. The molecule has 0 aliphatic carbocycles. The van der Waals surface area contributed by atoms with E-state index in [4.69, 9.17) is 9.72 Å². The molecular weight excluding hydrogens is 348 g/mol. The lowest BCUT2D eigenvalue weighted by Gasteiger charge is -2.17. The highest BCUT2D eigenvalue weighted by atomic mass is 35.5. The molecule has 0 spiro atoms. The van der Waals surface area contributed by atoms with Crippen molar-refractivity contribution in [3.63, 3.8) is 0 Å². The molecule has 0 bridgehead atoms. The van der Waals surface area contributed by atoms with Crippen molar-refractivity contribution in [2.24, 2.45) is 0 Å². The Morgan fingerprint density at radius 2 is 1.73 bits per heavy atom. The van der Waals surface area contributed by atoms with Gasteiger partial charge in [-0.2, -0.15) is 0 Å². The number of rotatable bonds is 6. The maximum atomic E-state index is 10.5. The largest absolute Gasteiger partial charge is 0.491 e. The molecule has 0 amide bonds. The standard InChI is InChI=1S/C21H26N2O2.ClH/c1-14(2)21-22-19-7-5-6-8-20(19)23(21)12-17(24)13-25-18-10-15(3)9-16(4)11-18;/h5-11,14,17,24H,12-13H2,1-4H3;1H. The molecule has 4 nitrogen and oxygen atoms in total. The Hall–Kier alpha value is -2.04. The van der Waals surface area contributed by atoms with Crippen molar-refractivity contribution in [3.8, 4) is 5.75 Å². The molecule has 1 aromatic heterocycles. The van der Waals surface area contributed by atoms with Crippen LogP contribution in [-0.4, -0.2) is 27.4 Å². The minimum Gasteiger partial charge on any atom is -0.491 e. The molecule has 1 atom stereocenters. The van der Waals surface area contributed by atoms with Gasteiger partial charge < -0.3 is 14.4 Å². The van der Waals surface area contributed by atoms with Gasteiger partial charge in [0.2, 0.25) is 0 Å². The van der Waals surface area contributed by atoms with Crippen LogP contribution in [0.5, 0.6) is 5.75 Å². The summed E-state index contributed by atoms with van der Waals surface area (Å²) in [5.74, 6) is 2.09. The molecule has 0 fully saturated rings. The van der Waals surface area contributed by atoms with Gasteiger partial charge >= 0.3 is 0 Å². The van der Waals surface area contributed by atoms with Crippen LogP contribution in [0.25, 0.3) is 11.0 Å². The number of hydrogen-bond acceptors (Lipinski definition) is 3. The summed E-state index contributed by atoms with van der Waals surface area (Å²) in [7, 11) is 0. The zero-order valence-electron chi connectivity index (χ0n) is 15.8. The summed E-state index contributed by atoms with van der Waals surface area (Å²) in [6.07, 6.45) is -0.601. The molecule has 140 valence electrons. The number of aliphatic hydroxyl groups excluding tert-OH is 1. The number of imidazole rings is 1. The van der Waals surface area contributed by atoms with Crippen LogP contribution in [0, 0.1) is 13.8 Å². The third-order valence-corrected chi connectivity index (χ3v) is 4.23. The molecule has 0 radical (unpaired) electrons. The van der Waals surface area contributed by atoms with Crippen molar-refractivity contribution in [3.05, 3.63) is 59.4 Å². The van der Waals surface area contributed by atoms with E-state index in [1.807, 2.05) is 50.2 Å². The van der Waals surface area contributed by atoms with E-state index in [1.54, 1.807) is 0 Å². The molecule has 0 saturated heterocycles. The van der Waals surface area contributed by atoms with Crippen LogP contribution >= 0.6 is 12.4 Å². The van der Waals surface area contributed by atoms with E-state index in [2.05, 4.69) is 24.5 Å². The lowest BCUT2D eigenvalue weighted by molar-refractivity contribution is 0.0925. The van der Waals surface area contributed by atoms with Gasteiger partial charge in [-0.3, -0.25) is 0 Å². The van der Waals surface area contributed by atoms with Crippen LogP contribution in [0.3, 0.4) is 0 Å². The van der Waals surface area contributed by atoms with Gasteiger partial charge in [-0.25, -0.2) is 4.98 Å². The van der Waals surface area contributed by atoms with Gasteiger partial charge in [0, 0.05) is 5.92 Å². The topological polar surface area (TPSA) is 47.3 Å². The first-order chi connectivity index (χ1) is 11.9. The summed E-state index contributed by atoms with van der Waals surface area (Å²) in [5.41, 5.74) is 4.34. The van der Waals surface area contributed by atoms with E-state index in [-0.39, 0.29) is 19.0 Å². The number of nitrogens with zero attached hydrogens (tertiary/aromatic N) is 2. The fourth-order valence-electron chi connectivity index (χ4n) is 3.20. The van der Waals surface area contributed by atoms with Crippen LogP contribution in [0.4, 0.5) is 0 Å². The first-order valence-electron chi connectivity index (χ1n) is 8.78. The van der Waals surface area contributed by atoms with Gasteiger partial charge in [-0.15, -0.1) is 12.4 Å². The summed E-state index contributed by atoms with van der Waals surface area (Å²) in [5, 5.41) is 10.5. The van der Waals surface area contributed by atoms with E-state index in [0.29, 0.717) is 12.5 Å². The number of aromatic nitrogens is 2. The van der Waals surface area contributed by atoms with Gasteiger partial charge in [0.15, 0.2) is 0 Å². The highest BCUT2D eigenvalue weighted by molar-refractivity contribution is 5.85. The third kappa shape index (κ3) is 4.57. The molecule has 3 aromatic rings. The number of fused-ring (bicyclic) bond motifs is 1. The van der Waals surface area contributed by atoms with Gasteiger partial charge in [0.25, 0.3) is 0 Å². The Morgan fingerprint density at radius 3 is 2.38 bits per heavy atom. The Bertz CT molecular complexity index is 853. The number of halogens is 1. The van der Waals surface area contributed by atoms with Gasteiger partial charge in [0.1, 0.15) is 24.3 Å². The molecule has 0 aliphatic rings. The summed E-state index contributed by atoms with van der Waals surface area (Å²) in [6.45, 7) is 9.06. The molecule has 1 heterocycles. The van der Waals surface area contributed by atoms with E-state index in [0.717, 1.165) is 33.7 Å². The zero-order chi connectivity index (χ0) is 18.0. The Labute approximate surface area is 161 Å². The smallest absolute Gasteiger partial charge is 0.119 e. The lowest BCUT2D eigenvalue weighted by Crippen LogP contribution is -2.25. The fraction of sp³-hybridized carbons (Fsp3) is 0.381. The second-order valence-corrected chi connectivity index (χ2v) is 7.01. The lowest BCUT2D eigenvalue weighted by atomic mass is 10.1. The quantitative estimate of drug-likeness (QED) is 0.683. The second-order valence-electron chi connectivity index (χ2n) is 7.01. The van der Waals surface area contributed by atoms with Crippen molar-refractivity contribution in [2.45, 2.75) is 46.3 Å². The molecule has 0 saturated carbocycles. The first kappa shape index (κ1) is 20.3. The summed E-state index contributed by atoms with van der Waals surface area (Å²) < 4.78 is 7.91. The molecule has 1 N–H and O–H groups in total. The summed E-state index contributed by atoms with van der Waals surface area (Å²) >= 11 is 0. The van der Waals surface area contributed by atoms with E-state index in [1.165, 1.54) is 0 Å². The van der Waals surface area contributed by atoms with Crippen molar-refractivity contribution in [1.82, 2.24) is 9.55 Å². The summed E-state index contributed by atoms with van der Waals surface area (Å²) in [6, 6.07) is 14.1. The average Bonchev–Trinajstić information content (AvgIpc) is 2.91. The molecular formula is C21H27ClN2O2. The molecule has 26 heavy (non-hydrogen) atoms. The van der Waals surface area contributed by atoms with Gasteiger partial charge in [-0.05, 0) is 49.2 Å².